The van der Waals surface area contributed by atoms with Gasteiger partial charge < -0.3 is 15.1 Å². The molecule has 1 aromatic carbocycles. The van der Waals surface area contributed by atoms with E-state index in [0.29, 0.717) is 45.7 Å². The van der Waals surface area contributed by atoms with Crippen LogP contribution in [0.2, 0.25) is 0 Å². The van der Waals surface area contributed by atoms with Crippen LogP contribution in [0.1, 0.15) is 31.7 Å². The predicted molar refractivity (Wildman–Crippen MR) is 108 cm³/mol. The molecule has 1 N–H and O–H groups in total. The van der Waals surface area contributed by atoms with Crippen LogP contribution >= 0.6 is 0 Å². The number of carbonyl (C=O) groups is 3. The van der Waals surface area contributed by atoms with Gasteiger partial charge in [-0.05, 0) is 30.9 Å². The van der Waals surface area contributed by atoms with Crippen LogP contribution in [0.4, 0.5) is 5.69 Å². The van der Waals surface area contributed by atoms with E-state index < -0.39 is 0 Å². The molecule has 0 spiro atoms. The van der Waals surface area contributed by atoms with Crippen molar-refractivity contribution in [2.24, 2.45) is 0 Å². The number of anilines is 1. The molecule has 152 valence electrons. The van der Waals surface area contributed by atoms with Crippen molar-refractivity contribution in [3.8, 4) is 0 Å². The Hall–Kier alpha value is -2.41. The highest BCUT2D eigenvalue weighted by Gasteiger charge is 2.26. The topological polar surface area (TPSA) is 73.0 Å². The summed E-state index contributed by atoms with van der Waals surface area (Å²) >= 11 is 0. The SMILES string of the molecule is CCc1ccccc1NC(=O)CN1CCN(C(=O)CN2CCCCC2=O)CC1. The number of piperazine rings is 1. The van der Waals surface area contributed by atoms with Gasteiger partial charge in [0.2, 0.25) is 17.7 Å². The number of likely N-dealkylation sites (tertiary alicyclic amines) is 1. The number of nitrogens with one attached hydrogen (secondary N) is 1. The molecule has 3 amide bonds. The highest BCUT2D eigenvalue weighted by atomic mass is 16.2. The summed E-state index contributed by atoms with van der Waals surface area (Å²) in [5, 5.41) is 3.00. The van der Waals surface area contributed by atoms with Gasteiger partial charge in [-0.15, -0.1) is 0 Å². The Labute approximate surface area is 166 Å². The summed E-state index contributed by atoms with van der Waals surface area (Å²) in [5.74, 6) is 0.0677. The number of nitrogens with zero attached hydrogens (tertiary/aromatic N) is 3. The zero-order chi connectivity index (χ0) is 19.9. The zero-order valence-corrected chi connectivity index (χ0v) is 16.7. The molecule has 0 atom stereocenters. The van der Waals surface area contributed by atoms with Gasteiger partial charge in [-0.1, -0.05) is 25.1 Å². The predicted octanol–water partition coefficient (Wildman–Crippen LogP) is 1.34. The summed E-state index contributed by atoms with van der Waals surface area (Å²) in [6.07, 6.45) is 3.32. The molecule has 7 nitrogen and oxygen atoms in total. The van der Waals surface area contributed by atoms with Crippen LogP contribution in [0.5, 0.6) is 0 Å². The fraction of sp³-hybridized carbons (Fsp3) is 0.571. The minimum Gasteiger partial charge on any atom is -0.339 e. The van der Waals surface area contributed by atoms with Gasteiger partial charge in [0.1, 0.15) is 0 Å². The van der Waals surface area contributed by atoms with Crippen LogP contribution in [0.15, 0.2) is 24.3 Å². The maximum Gasteiger partial charge on any atom is 0.242 e. The van der Waals surface area contributed by atoms with E-state index in [2.05, 4.69) is 17.1 Å². The molecular weight excluding hydrogens is 356 g/mol. The normalized spacial score (nSPS) is 18.2. The molecule has 1 aromatic rings. The Bertz CT molecular complexity index is 713. The molecule has 2 heterocycles. The van der Waals surface area contributed by atoms with Gasteiger partial charge in [0.15, 0.2) is 0 Å². The van der Waals surface area contributed by atoms with Crippen LogP contribution < -0.4 is 5.32 Å². The molecule has 2 aliphatic rings. The van der Waals surface area contributed by atoms with Crippen molar-refractivity contribution in [2.75, 3.05) is 51.1 Å². The first-order valence-electron chi connectivity index (χ1n) is 10.2. The lowest BCUT2D eigenvalue weighted by atomic mass is 10.1. The van der Waals surface area contributed by atoms with Crippen molar-refractivity contribution < 1.29 is 14.4 Å². The number of rotatable bonds is 6. The first-order chi connectivity index (χ1) is 13.6. The van der Waals surface area contributed by atoms with Gasteiger partial charge >= 0.3 is 0 Å². The molecule has 0 radical (unpaired) electrons. The Morgan fingerprint density at radius 2 is 1.75 bits per heavy atom. The van der Waals surface area contributed by atoms with E-state index in [1.807, 2.05) is 29.2 Å². The smallest absolute Gasteiger partial charge is 0.242 e. The first-order valence-corrected chi connectivity index (χ1v) is 10.2. The van der Waals surface area contributed by atoms with Crippen LogP contribution in [-0.4, -0.2) is 78.2 Å². The Morgan fingerprint density at radius 3 is 2.46 bits per heavy atom. The van der Waals surface area contributed by atoms with E-state index in [-0.39, 0.29) is 24.3 Å². The first kappa shape index (κ1) is 20.3. The summed E-state index contributed by atoms with van der Waals surface area (Å²) in [7, 11) is 0. The number of carbonyl (C=O) groups excluding carboxylic acids is 3. The molecule has 7 heteroatoms. The minimum absolute atomic E-state index is 0.0104. The van der Waals surface area contributed by atoms with Gasteiger partial charge in [0.05, 0.1) is 13.1 Å². The lowest BCUT2D eigenvalue weighted by Crippen LogP contribution is -2.53. The standard InChI is InChI=1S/C21H30N4O3/c1-2-17-7-3-4-8-18(17)22-19(26)15-23-11-13-24(14-12-23)21(28)16-25-10-6-5-9-20(25)27/h3-4,7-8H,2,5-6,9-16H2,1H3,(H,22,26). The lowest BCUT2D eigenvalue weighted by molar-refractivity contribution is -0.143. The Balaban J connectivity index is 1.42. The van der Waals surface area contributed by atoms with E-state index in [9.17, 15) is 14.4 Å². The number of para-hydroxylation sites is 1. The molecule has 2 saturated heterocycles. The molecule has 28 heavy (non-hydrogen) atoms. The highest BCUT2D eigenvalue weighted by molar-refractivity contribution is 5.93. The van der Waals surface area contributed by atoms with Gasteiger partial charge in [0, 0.05) is 44.8 Å². The fourth-order valence-corrected chi connectivity index (χ4v) is 3.79. The van der Waals surface area contributed by atoms with E-state index in [4.69, 9.17) is 0 Å². The molecule has 2 fully saturated rings. The third kappa shape index (κ3) is 5.32. The van der Waals surface area contributed by atoms with E-state index in [1.54, 1.807) is 4.90 Å². The van der Waals surface area contributed by atoms with E-state index in [1.165, 1.54) is 0 Å². The van der Waals surface area contributed by atoms with Crippen molar-refractivity contribution in [2.45, 2.75) is 32.6 Å². The number of hydrogen-bond donors (Lipinski definition) is 1. The number of hydrogen-bond acceptors (Lipinski definition) is 4. The van der Waals surface area contributed by atoms with Crippen LogP contribution in [-0.2, 0) is 20.8 Å². The van der Waals surface area contributed by atoms with Crippen LogP contribution in [0, 0.1) is 0 Å². The van der Waals surface area contributed by atoms with Gasteiger partial charge in [0.25, 0.3) is 0 Å². The second-order valence-corrected chi connectivity index (χ2v) is 7.49. The summed E-state index contributed by atoms with van der Waals surface area (Å²) in [4.78, 5) is 42.3. The fourth-order valence-electron chi connectivity index (χ4n) is 3.79. The quantitative estimate of drug-likeness (QED) is 0.801. The average Bonchev–Trinajstić information content (AvgIpc) is 2.70. The third-order valence-corrected chi connectivity index (χ3v) is 5.51. The summed E-state index contributed by atoms with van der Waals surface area (Å²) in [5.41, 5.74) is 1.99. The molecule has 0 aliphatic carbocycles. The molecule has 0 saturated carbocycles. The van der Waals surface area contributed by atoms with Crippen molar-refractivity contribution in [1.82, 2.24) is 14.7 Å². The van der Waals surface area contributed by atoms with Gasteiger partial charge in [-0.2, -0.15) is 0 Å². The van der Waals surface area contributed by atoms with Crippen molar-refractivity contribution >= 4 is 23.4 Å². The molecule has 0 bridgehead atoms. The van der Waals surface area contributed by atoms with Crippen molar-refractivity contribution in [3.05, 3.63) is 29.8 Å². The zero-order valence-electron chi connectivity index (χ0n) is 16.7. The maximum atomic E-state index is 12.5. The largest absolute Gasteiger partial charge is 0.339 e. The summed E-state index contributed by atoms with van der Waals surface area (Å²) < 4.78 is 0. The highest BCUT2D eigenvalue weighted by Crippen LogP contribution is 2.15. The Morgan fingerprint density at radius 1 is 1.00 bits per heavy atom. The number of amides is 3. The monoisotopic (exact) mass is 386 g/mol. The number of aryl methyl sites for hydroxylation is 1. The molecular formula is C21H30N4O3. The van der Waals surface area contributed by atoms with Gasteiger partial charge in [-0.3, -0.25) is 19.3 Å². The lowest BCUT2D eigenvalue weighted by Gasteiger charge is -2.36. The van der Waals surface area contributed by atoms with E-state index >= 15 is 0 Å². The number of benzene rings is 1. The van der Waals surface area contributed by atoms with Crippen molar-refractivity contribution in [1.29, 1.82) is 0 Å². The summed E-state index contributed by atoms with van der Waals surface area (Å²) in [6, 6.07) is 7.84. The molecule has 2 aliphatic heterocycles. The third-order valence-electron chi connectivity index (χ3n) is 5.51. The van der Waals surface area contributed by atoms with Crippen molar-refractivity contribution in [3.63, 3.8) is 0 Å². The van der Waals surface area contributed by atoms with Crippen LogP contribution in [0.3, 0.4) is 0 Å². The maximum absolute atomic E-state index is 12.5. The van der Waals surface area contributed by atoms with Crippen LogP contribution in [0.25, 0.3) is 0 Å². The summed E-state index contributed by atoms with van der Waals surface area (Å²) in [6.45, 7) is 5.80. The Kier molecular flexibility index (Phi) is 7.03. The second-order valence-electron chi connectivity index (χ2n) is 7.49. The molecule has 0 aromatic heterocycles. The average molecular weight is 386 g/mol. The van der Waals surface area contributed by atoms with E-state index in [0.717, 1.165) is 30.5 Å². The second kappa shape index (κ2) is 9.68. The van der Waals surface area contributed by atoms with Gasteiger partial charge in [-0.25, -0.2) is 0 Å². The minimum atomic E-state index is -0.0282. The number of piperidine rings is 1. The molecule has 3 rings (SSSR count). The molecule has 0 unspecified atom stereocenters.